The summed E-state index contributed by atoms with van der Waals surface area (Å²) >= 11 is 5.99. The Bertz CT molecular complexity index is 951. The zero-order valence-corrected chi connectivity index (χ0v) is 17.0. The van der Waals surface area contributed by atoms with Gasteiger partial charge in [-0.15, -0.1) is 0 Å². The summed E-state index contributed by atoms with van der Waals surface area (Å²) < 4.78 is 20.0. The zero-order chi connectivity index (χ0) is 21.3. The van der Waals surface area contributed by atoms with E-state index in [4.69, 9.17) is 22.1 Å². The maximum absolute atomic E-state index is 14.6. The lowest BCUT2D eigenvalue weighted by Gasteiger charge is -2.36. The van der Waals surface area contributed by atoms with Gasteiger partial charge in [0, 0.05) is 13.1 Å². The Hall–Kier alpha value is -2.75. The average Bonchev–Trinajstić information content (AvgIpc) is 2.61. The minimum atomic E-state index is -1.23. The topological polar surface area (TPSA) is 123 Å². The summed E-state index contributed by atoms with van der Waals surface area (Å²) in [5.41, 5.74) is 5.21. The number of nitrogens with one attached hydrogen (secondary N) is 1. The minimum Gasteiger partial charge on any atom is -0.444 e. The second-order valence-electron chi connectivity index (χ2n) is 7.76. The van der Waals surface area contributed by atoms with Crippen molar-refractivity contribution >= 4 is 40.5 Å². The first-order chi connectivity index (χ1) is 13.5. The van der Waals surface area contributed by atoms with E-state index in [0.717, 1.165) is 0 Å². The highest BCUT2D eigenvalue weighted by molar-refractivity contribution is 6.30. The molecule has 1 aliphatic rings. The van der Waals surface area contributed by atoms with Crippen molar-refractivity contribution in [3.63, 3.8) is 0 Å². The smallest absolute Gasteiger partial charge is 0.410 e. The van der Waals surface area contributed by atoms with Crippen molar-refractivity contribution in [3.05, 3.63) is 23.1 Å². The van der Waals surface area contributed by atoms with Gasteiger partial charge in [0.25, 0.3) is 5.91 Å². The molecule has 3 heterocycles. The highest BCUT2D eigenvalue weighted by atomic mass is 35.5. The summed E-state index contributed by atoms with van der Waals surface area (Å²) in [6.45, 7) is 5.61. The number of hydrogen-bond acceptors (Lipinski definition) is 7. The fourth-order valence-electron chi connectivity index (χ4n) is 3.03. The number of ether oxygens (including phenoxy) is 1. The van der Waals surface area contributed by atoms with E-state index in [-0.39, 0.29) is 47.1 Å². The second kappa shape index (κ2) is 7.94. The van der Waals surface area contributed by atoms with Crippen molar-refractivity contribution in [3.8, 4) is 0 Å². The zero-order valence-electron chi connectivity index (χ0n) is 16.3. The number of anilines is 1. The molecule has 0 radical (unpaired) electrons. The minimum absolute atomic E-state index is 0.0278. The Labute approximate surface area is 171 Å². The van der Waals surface area contributed by atoms with E-state index in [1.54, 1.807) is 20.8 Å². The van der Waals surface area contributed by atoms with Crippen LogP contribution in [0.1, 0.15) is 37.6 Å². The van der Waals surface area contributed by atoms with Crippen molar-refractivity contribution in [2.24, 2.45) is 5.73 Å². The Balaban J connectivity index is 1.87. The van der Waals surface area contributed by atoms with Gasteiger partial charge in [-0.05, 0) is 33.3 Å². The predicted octanol–water partition coefficient (Wildman–Crippen LogP) is 2.54. The lowest BCUT2D eigenvalue weighted by molar-refractivity contribution is 0.0150. The number of likely N-dealkylation sites (tertiary alicyclic amines) is 1. The van der Waals surface area contributed by atoms with Crippen LogP contribution in [-0.2, 0) is 4.74 Å². The number of alkyl halides is 1. The van der Waals surface area contributed by atoms with Crippen molar-refractivity contribution < 1.29 is 18.7 Å². The third kappa shape index (κ3) is 4.81. The Morgan fingerprint density at radius 1 is 1.34 bits per heavy atom. The first kappa shape index (κ1) is 21.0. The molecule has 1 fully saturated rings. The highest BCUT2D eigenvalue weighted by Crippen LogP contribution is 2.26. The summed E-state index contributed by atoms with van der Waals surface area (Å²) in [5.74, 6) is -0.528. The Morgan fingerprint density at radius 3 is 2.72 bits per heavy atom. The molecule has 0 saturated carbocycles. The molecule has 0 unspecified atom stereocenters. The third-order valence-corrected chi connectivity index (χ3v) is 4.52. The van der Waals surface area contributed by atoms with Crippen LogP contribution < -0.4 is 11.1 Å². The van der Waals surface area contributed by atoms with Crippen molar-refractivity contribution in [2.45, 2.75) is 45.0 Å². The van der Waals surface area contributed by atoms with Crippen LogP contribution in [0.25, 0.3) is 11.0 Å². The van der Waals surface area contributed by atoms with Crippen LogP contribution >= 0.6 is 11.6 Å². The largest absolute Gasteiger partial charge is 0.444 e. The molecule has 2 atom stereocenters. The Kier molecular flexibility index (Phi) is 5.74. The van der Waals surface area contributed by atoms with E-state index in [9.17, 15) is 14.0 Å². The molecule has 0 aliphatic carbocycles. The number of nitrogens with zero attached hydrogens (tertiary/aromatic N) is 4. The molecule has 9 nitrogen and oxygen atoms in total. The maximum atomic E-state index is 14.6. The van der Waals surface area contributed by atoms with Gasteiger partial charge in [0.15, 0.2) is 5.82 Å². The number of amides is 2. The summed E-state index contributed by atoms with van der Waals surface area (Å²) in [6, 6.07) is 0.554. The van der Waals surface area contributed by atoms with Gasteiger partial charge >= 0.3 is 6.09 Å². The molecule has 156 valence electrons. The lowest BCUT2D eigenvalue weighted by atomic mass is 10.0. The number of aromatic nitrogens is 3. The van der Waals surface area contributed by atoms with Gasteiger partial charge in [-0.1, -0.05) is 11.6 Å². The molecule has 0 bridgehead atoms. The van der Waals surface area contributed by atoms with Crippen LogP contribution in [0.3, 0.4) is 0 Å². The number of fused-ring (bicyclic) bond motifs is 1. The average molecular weight is 425 g/mol. The molecule has 0 spiro atoms. The van der Waals surface area contributed by atoms with Gasteiger partial charge in [0.1, 0.15) is 34.3 Å². The summed E-state index contributed by atoms with van der Waals surface area (Å²) in [7, 11) is 0. The first-order valence-corrected chi connectivity index (χ1v) is 9.42. The quantitative estimate of drug-likeness (QED) is 0.725. The number of nitrogens with two attached hydrogens (primary N) is 1. The molecular formula is C18H22ClFN6O3. The van der Waals surface area contributed by atoms with Gasteiger partial charge in [-0.25, -0.2) is 24.1 Å². The number of pyridine rings is 1. The van der Waals surface area contributed by atoms with Crippen LogP contribution in [0.2, 0.25) is 5.15 Å². The summed E-state index contributed by atoms with van der Waals surface area (Å²) in [4.78, 5) is 37.8. The molecule has 3 rings (SSSR count). The molecule has 1 saturated heterocycles. The first-order valence-electron chi connectivity index (χ1n) is 9.05. The van der Waals surface area contributed by atoms with E-state index in [1.807, 2.05) is 0 Å². The van der Waals surface area contributed by atoms with E-state index in [2.05, 4.69) is 20.3 Å². The molecule has 2 amide bonds. The van der Waals surface area contributed by atoms with Crippen LogP contribution in [0.15, 0.2) is 12.4 Å². The second-order valence-corrected chi connectivity index (χ2v) is 8.15. The molecular weight excluding hydrogens is 403 g/mol. The summed E-state index contributed by atoms with van der Waals surface area (Å²) in [6.07, 6.45) is -0.385. The van der Waals surface area contributed by atoms with E-state index < -0.39 is 29.8 Å². The van der Waals surface area contributed by atoms with Gasteiger partial charge in [0.05, 0.1) is 11.6 Å². The van der Waals surface area contributed by atoms with Crippen molar-refractivity contribution in [1.82, 2.24) is 19.9 Å². The molecule has 2 aromatic rings. The van der Waals surface area contributed by atoms with Crippen LogP contribution in [0, 0.1) is 0 Å². The number of hydrogen-bond donors (Lipinski definition) is 2. The number of primary amides is 1. The normalized spacial score (nSPS) is 19.8. The molecule has 2 aromatic heterocycles. The predicted molar refractivity (Wildman–Crippen MR) is 106 cm³/mol. The van der Waals surface area contributed by atoms with Gasteiger partial charge in [0.2, 0.25) is 0 Å². The molecule has 3 N–H and O–H groups in total. The number of halogens is 2. The van der Waals surface area contributed by atoms with Crippen LogP contribution in [0.5, 0.6) is 0 Å². The van der Waals surface area contributed by atoms with E-state index in [1.165, 1.54) is 17.3 Å². The van der Waals surface area contributed by atoms with E-state index in [0.29, 0.717) is 0 Å². The lowest BCUT2D eigenvalue weighted by Crippen LogP contribution is -2.52. The van der Waals surface area contributed by atoms with Crippen LogP contribution in [-0.4, -0.2) is 62.8 Å². The van der Waals surface area contributed by atoms with Gasteiger partial charge in [-0.2, -0.15) is 0 Å². The van der Waals surface area contributed by atoms with E-state index >= 15 is 0 Å². The van der Waals surface area contributed by atoms with Crippen molar-refractivity contribution in [2.75, 3.05) is 18.4 Å². The Morgan fingerprint density at radius 2 is 2.07 bits per heavy atom. The number of piperidine rings is 1. The number of rotatable bonds is 3. The fraction of sp³-hybridized carbons (Fsp3) is 0.500. The monoisotopic (exact) mass is 424 g/mol. The maximum Gasteiger partial charge on any atom is 0.410 e. The highest BCUT2D eigenvalue weighted by Gasteiger charge is 2.34. The number of carbonyl (C=O) groups is 2. The molecule has 0 aromatic carbocycles. The molecule has 11 heteroatoms. The van der Waals surface area contributed by atoms with Gasteiger partial charge in [-0.3, -0.25) is 4.79 Å². The SMILES string of the molecule is CC(C)(C)OC(=O)N1CC[C@H](F)[C@H](Nc2ncnc3c(C(N)=O)cc(Cl)nc23)C1. The molecule has 29 heavy (non-hydrogen) atoms. The van der Waals surface area contributed by atoms with Crippen LogP contribution in [0.4, 0.5) is 15.0 Å². The van der Waals surface area contributed by atoms with Crippen molar-refractivity contribution in [1.29, 1.82) is 0 Å². The standard InChI is InChI=1S/C18H22ClFN6O3/c1-18(2,3)29-17(28)26-5-4-10(20)11(7-26)24-16-14-13(22-8-23-16)9(15(21)27)6-12(19)25-14/h6,8,10-11H,4-5,7H2,1-3H3,(H2,21,27)(H,22,23,24)/t10-,11+/m0/s1. The van der Waals surface area contributed by atoms with Gasteiger partial charge < -0.3 is 20.7 Å². The number of carbonyl (C=O) groups excluding carboxylic acids is 2. The third-order valence-electron chi connectivity index (χ3n) is 4.33. The summed E-state index contributed by atoms with van der Waals surface area (Å²) in [5, 5.41) is 2.99. The fourth-order valence-corrected chi connectivity index (χ4v) is 3.22. The molecule has 1 aliphatic heterocycles.